The van der Waals surface area contributed by atoms with Crippen LogP contribution in [0.1, 0.15) is 19.8 Å². The third kappa shape index (κ3) is 5.59. The van der Waals surface area contributed by atoms with Gasteiger partial charge in [0.25, 0.3) is 0 Å². The van der Waals surface area contributed by atoms with Crippen molar-refractivity contribution >= 4 is 12.0 Å². The molecule has 1 atom stereocenters. The minimum absolute atomic E-state index is 0.0833. The highest BCUT2D eigenvalue weighted by Crippen LogP contribution is 2.19. The largest absolute Gasteiger partial charge is 0.463 e. The molecule has 1 rings (SSSR count). The smallest absolute Gasteiger partial charge is 0.330 e. The van der Waals surface area contributed by atoms with Gasteiger partial charge in [0.15, 0.2) is 0 Å². The van der Waals surface area contributed by atoms with Gasteiger partial charge in [-0.3, -0.25) is 0 Å². The summed E-state index contributed by atoms with van der Waals surface area (Å²) >= 11 is 0. The van der Waals surface area contributed by atoms with Crippen molar-refractivity contribution < 1.29 is 14.3 Å². The number of hydrogen-bond acceptors (Lipinski definition) is 3. The molecule has 5 nitrogen and oxygen atoms in total. The van der Waals surface area contributed by atoms with Gasteiger partial charge in [0.2, 0.25) is 0 Å². The number of nitrogens with zero attached hydrogens (tertiary/aromatic N) is 1. The van der Waals surface area contributed by atoms with Crippen LogP contribution < -0.4 is 5.32 Å². The molecule has 0 unspecified atom stereocenters. The lowest BCUT2D eigenvalue weighted by molar-refractivity contribution is -0.137. The number of esters is 1. The summed E-state index contributed by atoms with van der Waals surface area (Å²) in [7, 11) is 0. The van der Waals surface area contributed by atoms with Crippen LogP contribution in [0.2, 0.25) is 0 Å². The molecule has 0 radical (unpaired) electrons. The fourth-order valence-electron chi connectivity index (χ4n) is 2.05. The Morgan fingerprint density at radius 1 is 1.53 bits per heavy atom. The van der Waals surface area contributed by atoms with Crippen molar-refractivity contribution in [2.45, 2.75) is 19.8 Å². The third-order valence-corrected chi connectivity index (χ3v) is 2.98. The maximum Gasteiger partial charge on any atom is 0.330 e. The number of carbonyl (C=O) groups is 2. The molecule has 0 aromatic rings. The van der Waals surface area contributed by atoms with Crippen molar-refractivity contribution in [1.82, 2.24) is 10.2 Å². The van der Waals surface area contributed by atoms with E-state index < -0.39 is 0 Å². The van der Waals surface area contributed by atoms with Crippen LogP contribution in [0.3, 0.4) is 0 Å². The molecule has 0 saturated carbocycles. The van der Waals surface area contributed by atoms with E-state index in [9.17, 15) is 9.59 Å². The fourth-order valence-corrected chi connectivity index (χ4v) is 2.05. The van der Waals surface area contributed by atoms with Crippen molar-refractivity contribution in [2.75, 3.05) is 26.2 Å². The minimum atomic E-state index is -0.385. The standard InChI is InChI=1S/C14H22N2O3/c1-3-6-12-8-10-16(11-12)14(18)15-9-5-7-13(17)19-4-2/h3,5,7,12H,1,4,6,8-11H2,2H3,(H,15,18)/b7-5+/t12-/m1/s1. The lowest BCUT2D eigenvalue weighted by Crippen LogP contribution is -2.38. The first kappa shape index (κ1) is 15.3. The Hall–Kier alpha value is -1.78. The van der Waals surface area contributed by atoms with E-state index >= 15 is 0 Å². The molecule has 5 heteroatoms. The van der Waals surface area contributed by atoms with Crippen LogP contribution in [0, 0.1) is 5.92 Å². The monoisotopic (exact) mass is 266 g/mol. The summed E-state index contributed by atoms with van der Waals surface area (Å²) in [6.45, 7) is 7.71. The molecule has 0 bridgehead atoms. The summed E-state index contributed by atoms with van der Waals surface area (Å²) in [6.07, 6.45) is 6.79. The van der Waals surface area contributed by atoms with E-state index in [0.29, 0.717) is 19.1 Å². The lowest BCUT2D eigenvalue weighted by atomic mass is 10.1. The average molecular weight is 266 g/mol. The second-order valence-electron chi connectivity index (χ2n) is 4.47. The molecule has 0 aliphatic carbocycles. The first-order chi connectivity index (χ1) is 9.17. The summed E-state index contributed by atoms with van der Waals surface area (Å²) in [5, 5.41) is 2.75. The van der Waals surface area contributed by atoms with E-state index in [1.54, 1.807) is 17.9 Å². The lowest BCUT2D eigenvalue weighted by Gasteiger charge is -2.16. The first-order valence-corrected chi connectivity index (χ1v) is 6.64. The van der Waals surface area contributed by atoms with Crippen molar-refractivity contribution in [2.24, 2.45) is 5.92 Å². The summed E-state index contributed by atoms with van der Waals surface area (Å²) in [4.78, 5) is 24.6. The van der Waals surface area contributed by atoms with Gasteiger partial charge in [-0.05, 0) is 25.7 Å². The van der Waals surface area contributed by atoms with E-state index in [1.807, 2.05) is 6.08 Å². The van der Waals surface area contributed by atoms with Crippen molar-refractivity contribution in [3.8, 4) is 0 Å². The third-order valence-electron chi connectivity index (χ3n) is 2.98. The zero-order valence-electron chi connectivity index (χ0n) is 11.4. The summed E-state index contributed by atoms with van der Waals surface area (Å²) in [5.74, 6) is 0.141. The van der Waals surface area contributed by atoms with E-state index in [4.69, 9.17) is 4.74 Å². The Labute approximate surface area is 114 Å². The number of carbonyl (C=O) groups excluding carboxylic acids is 2. The van der Waals surface area contributed by atoms with E-state index in [0.717, 1.165) is 25.9 Å². The minimum Gasteiger partial charge on any atom is -0.463 e. The Balaban J connectivity index is 2.21. The van der Waals surface area contributed by atoms with Crippen molar-refractivity contribution in [3.05, 3.63) is 24.8 Å². The normalized spacial score (nSPS) is 18.6. The van der Waals surface area contributed by atoms with Gasteiger partial charge in [-0.15, -0.1) is 6.58 Å². The van der Waals surface area contributed by atoms with Crippen LogP contribution in [-0.4, -0.2) is 43.1 Å². The number of hydrogen-bond donors (Lipinski definition) is 1. The number of rotatable bonds is 6. The van der Waals surface area contributed by atoms with Gasteiger partial charge >= 0.3 is 12.0 Å². The summed E-state index contributed by atoms with van der Waals surface area (Å²) < 4.78 is 4.73. The van der Waals surface area contributed by atoms with Gasteiger partial charge in [0, 0.05) is 25.7 Å². The summed E-state index contributed by atoms with van der Waals surface area (Å²) in [6, 6.07) is -0.0833. The molecule has 1 aliphatic rings. The SMILES string of the molecule is C=CC[C@@H]1CCN(C(=O)NC/C=C/C(=O)OCC)C1. The number of ether oxygens (including phenoxy) is 1. The van der Waals surface area contributed by atoms with Gasteiger partial charge < -0.3 is 15.0 Å². The number of likely N-dealkylation sites (tertiary alicyclic amines) is 1. The highest BCUT2D eigenvalue weighted by atomic mass is 16.5. The topological polar surface area (TPSA) is 58.6 Å². The Morgan fingerprint density at radius 3 is 3.00 bits per heavy atom. The van der Waals surface area contributed by atoms with Gasteiger partial charge in [0.05, 0.1) is 6.61 Å². The van der Waals surface area contributed by atoms with Gasteiger partial charge in [0.1, 0.15) is 0 Å². The highest BCUT2D eigenvalue weighted by molar-refractivity contribution is 5.82. The van der Waals surface area contributed by atoms with Gasteiger partial charge in [-0.2, -0.15) is 0 Å². The second-order valence-corrected chi connectivity index (χ2v) is 4.47. The van der Waals surface area contributed by atoms with Crippen LogP contribution >= 0.6 is 0 Å². The molecule has 106 valence electrons. The van der Waals surface area contributed by atoms with E-state index in [1.165, 1.54) is 6.08 Å². The molecule has 19 heavy (non-hydrogen) atoms. The Morgan fingerprint density at radius 2 is 2.32 bits per heavy atom. The molecule has 1 N–H and O–H groups in total. The predicted molar refractivity (Wildman–Crippen MR) is 73.7 cm³/mol. The average Bonchev–Trinajstić information content (AvgIpc) is 2.84. The van der Waals surface area contributed by atoms with Crippen LogP contribution in [0.25, 0.3) is 0 Å². The molecule has 1 heterocycles. The Kier molecular flexibility index (Phi) is 6.71. The van der Waals surface area contributed by atoms with E-state index in [-0.39, 0.29) is 12.0 Å². The molecular formula is C14H22N2O3. The highest BCUT2D eigenvalue weighted by Gasteiger charge is 2.24. The number of urea groups is 1. The number of amides is 2. The second kappa shape index (κ2) is 8.34. The van der Waals surface area contributed by atoms with Crippen LogP contribution in [0.5, 0.6) is 0 Å². The zero-order chi connectivity index (χ0) is 14.1. The molecule has 1 fully saturated rings. The zero-order valence-corrected chi connectivity index (χ0v) is 11.4. The fraction of sp³-hybridized carbons (Fsp3) is 0.571. The maximum absolute atomic E-state index is 11.8. The van der Waals surface area contributed by atoms with Crippen LogP contribution in [-0.2, 0) is 9.53 Å². The van der Waals surface area contributed by atoms with Crippen molar-refractivity contribution in [3.63, 3.8) is 0 Å². The molecule has 0 aromatic heterocycles. The molecule has 0 spiro atoms. The van der Waals surface area contributed by atoms with Gasteiger partial charge in [-0.25, -0.2) is 9.59 Å². The molecular weight excluding hydrogens is 244 g/mol. The molecule has 2 amide bonds. The van der Waals surface area contributed by atoms with Crippen LogP contribution in [0.15, 0.2) is 24.8 Å². The molecule has 1 saturated heterocycles. The Bertz CT molecular complexity index is 353. The number of allylic oxidation sites excluding steroid dienone is 1. The number of nitrogens with one attached hydrogen (secondary N) is 1. The van der Waals surface area contributed by atoms with Crippen molar-refractivity contribution in [1.29, 1.82) is 0 Å². The summed E-state index contributed by atoms with van der Waals surface area (Å²) in [5.41, 5.74) is 0. The van der Waals surface area contributed by atoms with E-state index in [2.05, 4.69) is 11.9 Å². The van der Waals surface area contributed by atoms with Gasteiger partial charge in [-0.1, -0.05) is 12.2 Å². The quantitative estimate of drug-likeness (QED) is 0.452. The maximum atomic E-state index is 11.8. The first-order valence-electron chi connectivity index (χ1n) is 6.64. The predicted octanol–water partition coefficient (Wildman–Crippen LogP) is 1.71. The molecule has 1 aliphatic heterocycles. The molecule has 0 aromatic carbocycles. The van der Waals surface area contributed by atoms with Crippen LogP contribution in [0.4, 0.5) is 4.79 Å².